The van der Waals surface area contributed by atoms with Crippen molar-refractivity contribution in [1.29, 1.82) is 0 Å². The van der Waals surface area contributed by atoms with Gasteiger partial charge in [0.25, 0.3) is 0 Å². The van der Waals surface area contributed by atoms with E-state index in [2.05, 4.69) is 20.2 Å². The van der Waals surface area contributed by atoms with Crippen molar-refractivity contribution in [1.82, 2.24) is 30.0 Å². The number of pyridine rings is 1. The molecule has 2 N–H and O–H groups in total. The van der Waals surface area contributed by atoms with Gasteiger partial charge in [-0.3, -0.25) is 9.78 Å². The number of hydrogen-bond donors (Lipinski definition) is 2. The Morgan fingerprint density at radius 1 is 1.37 bits per heavy atom. The van der Waals surface area contributed by atoms with Crippen molar-refractivity contribution >= 4 is 16.7 Å². The number of carbonyl (C=O) groups is 1. The Kier molecular flexibility index (Phi) is 5.62. The van der Waals surface area contributed by atoms with Gasteiger partial charge in [-0.25, -0.2) is 14.9 Å². The monoisotopic (exact) mass is 408 g/mol. The maximum Gasteiger partial charge on any atom is 0.340 e. The van der Waals surface area contributed by atoms with E-state index in [-0.39, 0.29) is 12.0 Å². The second kappa shape index (κ2) is 8.50. The molecule has 4 rings (SSSR count). The molecule has 1 atom stereocenters. The third-order valence-electron chi connectivity index (χ3n) is 4.92. The molecule has 1 fully saturated rings. The van der Waals surface area contributed by atoms with Crippen molar-refractivity contribution in [3.63, 3.8) is 0 Å². The van der Waals surface area contributed by atoms with Crippen LogP contribution in [0.25, 0.3) is 22.3 Å². The fourth-order valence-corrected chi connectivity index (χ4v) is 3.42. The minimum atomic E-state index is -0.394. The van der Waals surface area contributed by atoms with E-state index in [0.717, 1.165) is 23.7 Å². The molecule has 30 heavy (non-hydrogen) atoms. The third-order valence-corrected chi connectivity index (χ3v) is 4.92. The van der Waals surface area contributed by atoms with Crippen molar-refractivity contribution < 1.29 is 9.53 Å². The number of rotatable bonds is 6. The lowest BCUT2D eigenvalue weighted by Crippen LogP contribution is -2.29. The van der Waals surface area contributed by atoms with Crippen LogP contribution in [0.3, 0.4) is 0 Å². The number of fused-ring (bicyclic) bond motifs is 1. The average Bonchev–Trinajstić information content (AvgIpc) is 3.37. The standard InChI is InChI=1S/C21H24N6O3/c1-26(2)10-5-8-18(28)27-11-9-15(13-27)30-20-16-7-4-3-6-14(16)12-17(22-20)19-23-21(29)25-24-19/h3-8,12,15H,9-11,13H2,1-2H3,(H2,23,24,25,29). The summed E-state index contributed by atoms with van der Waals surface area (Å²) in [7, 11) is 3.91. The first-order valence-electron chi connectivity index (χ1n) is 9.81. The molecule has 1 saturated heterocycles. The molecule has 0 aliphatic carbocycles. The number of carbonyl (C=O) groups excluding carboxylic acids is 1. The predicted octanol–water partition coefficient (Wildman–Crippen LogP) is 1.41. The molecule has 0 radical (unpaired) electrons. The Balaban J connectivity index is 1.53. The Bertz CT molecular complexity index is 1130. The molecule has 1 unspecified atom stereocenters. The first-order chi connectivity index (χ1) is 14.5. The highest BCUT2D eigenvalue weighted by Crippen LogP contribution is 2.29. The van der Waals surface area contributed by atoms with Crippen LogP contribution in [0, 0.1) is 0 Å². The van der Waals surface area contributed by atoms with Gasteiger partial charge in [-0.05, 0) is 31.6 Å². The third kappa shape index (κ3) is 4.41. The van der Waals surface area contributed by atoms with Gasteiger partial charge in [-0.1, -0.05) is 24.3 Å². The van der Waals surface area contributed by atoms with E-state index in [1.807, 2.05) is 55.4 Å². The fraction of sp³-hybridized carbons (Fsp3) is 0.333. The normalized spacial score (nSPS) is 16.8. The number of likely N-dealkylation sites (tertiary alicyclic amines) is 1. The summed E-state index contributed by atoms with van der Waals surface area (Å²) in [5.74, 6) is 0.808. The summed E-state index contributed by atoms with van der Waals surface area (Å²) in [6, 6.07) is 9.61. The van der Waals surface area contributed by atoms with Gasteiger partial charge in [0.05, 0.1) is 6.54 Å². The van der Waals surface area contributed by atoms with Crippen molar-refractivity contribution in [2.45, 2.75) is 12.5 Å². The average molecular weight is 408 g/mol. The van der Waals surface area contributed by atoms with Crippen molar-refractivity contribution in [2.75, 3.05) is 33.7 Å². The highest BCUT2D eigenvalue weighted by molar-refractivity contribution is 5.89. The number of nitrogens with one attached hydrogen (secondary N) is 2. The van der Waals surface area contributed by atoms with Crippen LogP contribution in [-0.4, -0.2) is 75.7 Å². The Morgan fingerprint density at radius 2 is 2.20 bits per heavy atom. The summed E-state index contributed by atoms with van der Waals surface area (Å²) >= 11 is 0. The van der Waals surface area contributed by atoms with Gasteiger partial charge in [0, 0.05) is 31.0 Å². The Hall–Kier alpha value is -3.46. The Labute approximate surface area is 173 Å². The minimum Gasteiger partial charge on any atom is -0.472 e. The largest absolute Gasteiger partial charge is 0.472 e. The molecular formula is C21H24N6O3. The highest BCUT2D eigenvalue weighted by atomic mass is 16.5. The van der Waals surface area contributed by atoms with E-state index in [1.165, 1.54) is 0 Å². The fourth-order valence-electron chi connectivity index (χ4n) is 3.42. The maximum absolute atomic E-state index is 12.4. The number of aromatic nitrogens is 4. The van der Waals surface area contributed by atoms with E-state index < -0.39 is 5.69 Å². The lowest BCUT2D eigenvalue weighted by molar-refractivity contribution is -0.125. The molecule has 1 aliphatic heterocycles. The van der Waals surface area contributed by atoms with Crippen LogP contribution in [0.5, 0.6) is 5.88 Å². The molecular weight excluding hydrogens is 384 g/mol. The zero-order chi connectivity index (χ0) is 21.1. The molecule has 1 aliphatic rings. The van der Waals surface area contributed by atoms with Gasteiger partial charge in [0.15, 0.2) is 5.82 Å². The second-order valence-electron chi connectivity index (χ2n) is 7.54. The Morgan fingerprint density at radius 3 is 2.97 bits per heavy atom. The quantitative estimate of drug-likeness (QED) is 0.597. The van der Waals surface area contributed by atoms with E-state index >= 15 is 0 Å². The van der Waals surface area contributed by atoms with Crippen molar-refractivity contribution in [3.05, 3.63) is 53.0 Å². The number of ether oxygens (including phenoxy) is 1. The smallest absolute Gasteiger partial charge is 0.340 e. The molecule has 156 valence electrons. The van der Waals surface area contributed by atoms with E-state index in [1.54, 1.807) is 11.0 Å². The number of aromatic amines is 2. The van der Waals surface area contributed by atoms with Gasteiger partial charge in [0.2, 0.25) is 11.8 Å². The lowest BCUT2D eigenvalue weighted by atomic mass is 10.1. The molecule has 0 bridgehead atoms. The zero-order valence-electron chi connectivity index (χ0n) is 17.0. The molecule has 1 aromatic carbocycles. The van der Waals surface area contributed by atoms with Gasteiger partial charge in [0.1, 0.15) is 11.8 Å². The maximum atomic E-state index is 12.4. The lowest BCUT2D eigenvalue weighted by Gasteiger charge is -2.17. The summed E-state index contributed by atoms with van der Waals surface area (Å²) in [4.78, 5) is 34.8. The number of hydrogen-bond acceptors (Lipinski definition) is 6. The molecule has 1 amide bonds. The molecule has 2 aromatic heterocycles. The van der Waals surface area contributed by atoms with E-state index in [0.29, 0.717) is 30.5 Å². The van der Waals surface area contributed by atoms with Crippen LogP contribution >= 0.6 is 0 Å². The number of nitrogens with zero attached hydrogens (tertiary/aromatic N) is 4. The zero-order valence-corrected chi connectivity index (χ0v) is 17.0. The molecule has 9 nitrogen and oxygen atoms in total. The summed E-state index contributed by atoms with van der Waals surface area (Å²) in [6.07, 6.45) is 4.05. The predicted molar refractivity (Wildman–Crippen MR) is 113 cm³/mol. The van der Waals surface area contributed by atoms with Crippen LogP contribution in [0.1, 0.15) is 6.42 Å². The summed E-state index contributed by atoms with van der Waals surface area (Å²) < 4.78 is 6.21. The van der Waals surface area contributed by atoms with E-state index in [9.17, 15) is 9.59 Å². The summed E-state index contributed by atoms with van der Waals surface area (Å²) in [5, 5.41) is 8.12. The van der Waals surface area contributed by atoms with Gasteiger partial charge in [-0.2, -0.15) is 5.10 Å². The van der Waals surface area contributed by atoms with Crippen LogP contribution in [-0.2, 0) is 4.79 Å². The van der Waals surface area contributed by atoms with Crippen LogP contribution in [0.15, 0.2) is 47.3 Å². The highest BCUT2D eigenvalue weighted by Gasteiger charge is 2.27. The first kappa shape index (κ1) is 19.8. The minimum absolute atomic E-state index is 0.0105. The van der Waals surface area contributed by atoms with Crippen molar-refractivity contribution in [3.8, 4) is 17.4 Å². The van der Waals surface area contributed by atoms with Gasteiger partial charge in [-0.15, -0.1) is 0 Å². The number of amides is 1. The van der Waals surface area contributed by atoms with Crippen molar-refractivity contribution in [2.24, 2.45) is 0 Å². The van der Waals surface area contributed by atoms with E-state index in [4.69, 9.17) is 4.74 Å². The van der Waals surface area contributed by atoms with Crippen LogP contribution in [0.4, 0.5) is 0 Å². The number of H-pyrrole nitrogens is 2. The summed E-state index contributed by atoms with van der Waals surface area (Å²) in [6.45, 7) is 1.86. The van der Waals surface area contributed by atoms with Crippen LogP contribution in [0.2, 0.25) is 0 Å². The number of benzene rings is 1. The SMILES string of the molecule is CN(C)CC=CC(=O)N1CCC(Oc2nc(-c3n[nH]c(=O)[nH]3)cc3ccccc23)C1. The second-order valence-corrected chi connectivity index (χ2v) is 7.54. The summed E-state index contributed by atoms with van der Waals surface area (Å²) in [5.41, 5.74) is 0.120. The number of likely N-dealkylation sites (N-methyl/N-ethyl adjacent to an activating group) is 1. The first-order valence-corrected chi connectivity index (χ1v) is 9.81. The van der Waals surface area contributed by atoms with Gasteiger partial charge >= 0.3 is 5.69 Å². The van der Waals surface area contributed by atoms with Gasteiger partial charge < -0.3 is 14.5 Å². The molecule has 9 heteroatoms. The molecule has 3 heterocycles. The molecule has 3 aromatic rings. The van der Waals surface area contributed by atoms with Crippen LogP contribution < -0.4 is 10.4 Å². The topological polar surface area (TPSA) is 107 Å². The molecule has 0 spiro atoms. The molecule has 0 saturated carbocycles.